The smallest absolute Gasteiger partial charge is 0.337 e. The van der Waals surface area contributed by atoms with Crippen LogP contribution < -0.4 is 4.90 Å². The minimum absolute atomic E-state index is 0.0265. The standard InChI is InChI=1S/C26H41NO3/c1-3-4-5-6-7-8-9-10-11-12-13-14-15-16-17-22-25(28)27(2)24-21-19-18-20-23(24)26(29)30/h10-11,18-21H,3-9,12-17,22H2,1-2H3,(H,29,30)/b11-10-. The van der Waals surface area contributed by atoms with E-state index in [4.69, 9.17) is 0 Å². The molecule has 0 radical (unpaired) electrons. The summed E-state index contributed by atoms with van der Waals surface area (Å²) in [6.07, 6.45) is 21.1. The van der Waals surface area contributed by atoms with E-state index < -0.39 is 5.97 Å². The molecule has 0 aliphatic rings. The van der Waals surface area contributed by atoms with Crippen LogP contribution in [0.2, 0.25) is 0 Å². The molecule has 4 nitrogen and oxygen atoms in total. The van der Waals surface area contributed by atoms with E-state index in [0.717, 1.165) is 25.7 Å². The summed E-state index contributed by atoms with van der Waals surface area (Å²) in [5.41, 5.74) is 0.626. The van der Waals surface area contributed by atoms with Crippen molar-refractivity contribution in [1.29, 1.82) is 0 Å². The average Bonchev–Trinajstić information content (AvgIpc) is 2.75. The lowest BCUT2D eigenvalue weighted by Crippen LogP contribution is -2.27. The Bertz CT molecular complexity index is 639. The third-order valence-electron chi connectivity index (χ3n) is 5.52. The lowest BCUT2D eigenvalue weighted by molar-refractivity contribution is -0.118. The van der Waals surface area contributed by atoms with Gasteiger partial charge in [-0.15, -0.1) is 0 Å². The fraction of sp³-hybridized carbons (Fsp3) is 0.615. The first-order valence-corrected chi connectivity index (χ1v) is 11.8. The number of carboxylic acids is 1. The van der Waals surface area contributed by atoms with Crippen LogP contribution in [0.5, 0.6) is 0 Å². The van der Waals surface area contributed by atoms with Gasteiger partial charge in [0.2, 0.25) is 5.91 Å². The van der Waals surface area contributed by atoms with Crippen molar-refractivity contribution in [2.75, 3.05) is 11.9 Å². The van der Waals surface area contributed by atoms with E-state index >= 15 is 0 Å². The van der Waals surface area contributed by atoms with E-state index in [-0.39, 0.29) is 11.5 Å². The summed E-state index contributed by atoms with van der Waals surface area (Å²) in [6.45, 7) is 2.26. The quantitative estimate of drug-likeness (QED) is 0.213. The number of carbonyl (C=O) groups is 2. The second-order valence-corrected chi connectivity index (χ2v) is 8.11. The number of allylic oxidation sites excluding steroid dienone is 2. The van der Waals surface area contributed by atoms with Crippen LogP contribution in [0.25, 0.3) is 0 Å². The van der Waals surface area contributed by atoms with Crippen molar-refractivity contribution >= 4 is 17.6 Å². The van der Waals surface area contributed by atoms with Crippen molar-refractivity contribution in [1.82, 2.24) is 0 Å². The van der Waals surface area contributed by atoms with Gasteiger partial charge < -0.3 is 10.0 Å². The highest BCUT2D eigenvalue weighted by Crippen LogP contribution is 2.20. The number of carbonyl (C=O) groups excluding carboxylic acids is 1. The highest BCUT2D eigenvalue weighted by molar-refractivity contribution is 6.01. The summed E-state index contributed by atoms with van der Waals surface area (Å²) in [5, 5.41) is 9.27. The Morgan fingerprint density at radius 2 is 1.37 bits per heavy atom. The van der Waals surface area contributed by atoms with E-state index in [1.165, 1.54) is 68.8 Å². The molecular weight excluding hydrogens is 374 g/mol. The molecule has 1 aromatic carbocycles. The largest absolute Gasteiger partial charge is 0.478 e. The molecule has 1 aromatic rings. The molecule has 0 atom stereocenters. The normalized spacial score (nSPS) is 11.1. The number of anilines is 1. The molecule has 0 fully saturated rings. The maximum absolute atomic E-state index is 12.4. The van der Waals surface area contributed by atoms with Crippen LogP contribution in [-0.4, -0.2) is 24.0 Å². The number of rotatable bonds is 17. The van der Waals surface area contributed by atoms with Gasteiger partial charge in [0.1, 0.15) is 0 Å². The Balaban J connectivity index is 2.06. The first-order valence-electron chi connectivity index (χ1n) is 11.8. The van der Waals surface area contributed by atoms with Gasteiger partial charge in [-0.25, -0.2) is 4.79 Å². The molecule has 0 aliphatic carbocycles. The van der Waals surface area contributed by atoms with E-state index in [0.29, 0.717) is 12.1 Å². The van der Waals surface area contributed by atoms with Gasteiger partial charge >= 0.3 is 5.97 Å². The summed E-state index contributed by atoms with van der Waals surface area (Å²) in [7, 11) is 1.65. The predicted octanol–water partition coefficient (Wildman–Crippen LogP) is 7.39. The van der Waals surface area contributed by atoms with Gasteiger partial charge in [0.25, 0.3) is 0 Å². The lowest BCUT2D eigenvalue weighted by Gasteiger charge is -2.19. The summed E-state index contributed by atoms with van der Waals surface area (Å²) >= 11 is 0. The van der Waals surface area contributed by atoms with Crippen LogP contribution in [0.4, 0.5) is 5.69 Å². The Hall–Kier alpha value is -2.10. The number of aromatic carboxylic acids is 1. The van der Waals surface area contributed by atoms with Crippen LogP contribution >= 0.6 is 0 Å². The molecule has 0 bridgehead atoms. The molecule has 1 rings (SSSR count). The van der Waals surface area contributed by atoms with Gasteiger partial charge in [0, 0.05) is 13.5 Å². The molecule has 0 unspecified atom stereocenters. The molecule has 0 heterocycles. The van der Waals surface area contributed by atoms with Crippen LogP contribution in [0.15, 0.2) is 36.4 Å². The molecule has 0 spiro atoms. The number of nitrogens with zero attached hydrogens (tertiary/aromatic N) is 1. The van der Waals surface area contributed by atoms with Crippen LogP contribution in [0, 0.1) is 0 Å². The molecule has 1 N–H and O–H groups in total. The predicted molar refractivity (Wildman–Crippen MR) is 126 cm³/mol. The zero-order valence-electron chi connectivity index (χ0n) is 19.1. The van der Waals surface area contributed by atoms with Gasteiger partial charge in [-0.05, 0) is 44.2 Å². The zero-order chi connectivity index (χ0) is 22.0. The Kier molecular flexibility index (Phi) is 14.4. The lowest BCUT2D eigenvalue weighted by atomic mass is 10.1. The second-order valence-electron chi connectivity index (χ2n) is 8.11. The highest BCUT2D eigenvalue weighted by Gasteiger charge is 2.17. The van der Waals surface area contributed by atoms with E-state index in [9.17, 15) is 14.7 Å². The third kappa shape index (κ3) is 11.2. The fourth-order valence-corrected chi connectivity index (χ4v) is 3.60. The Labute approximate surface area is 183 Å². The summed E-state index contributed by atoms with van der Waals surface area (Å²) in [6, 6.07) is 6.65. The Morgan fingerprint density at radius 3 is 1.97 bits per heavy atom. The molecule has 4 heteroatoms. The fourth-order valence-electron chi connectivity index (χ4n) is 3.60. The van der Waals surface area contributed by atoms with E-state index in [2.05, 4.69) is 19.1 Å². The van der Waals surface area contributed by atoms with E-state index in [1.54, 1.807) is 25.2 Å². The number of para-hydroxylation sites is 1. The van der Waals surface area contributed by atoms with Crippen molar-refractivity contribution in [3.05, 3.63) is 42.0 Å². The maximum atomic E-state index is 12.4. The second kappa shape index (κ2) is 16.7. The summed E-state index contributed by atoms with van der Waals surface area (Å²) < 4.78 is 0. The van der Waals surface area contributed by atoms with Crippen molar-refractivity contribution in [3.8, 4) is 0 Å². The van der Waals surface area contributed by atoms with Gasteiger partial charge in [0.05, 0.1) is 11.3 Å². The van der Waals surface area contributed by atoms with Crippen LogP contribution in [0.1, 0.15) is 107 Å². The molecule has 1 amide bonds. The van der Waals surface area contributed by atoms with Gasteiger partial charge in [-0.2, -0.15) is 0 Å². The zero-order valence-corrected chi connectivity index (χ0v) is 19.1. The molecular formula is C26H41NO3. The summed E-state index contributed by atoms with van der Waals surface area (Å²) in [4.78, 5) is 25.2. The third-order valence-corrected chi connectivity index (χ3v) is 5.52. The first kappa shape index (κ1) is 25.9. The molecule has 168 valence electrons. The van der Waals surface area contributed by atoms with Crippen molar-refractivity contribution in [2.45, 2.75) is 96.8 Å². The monoisotopic (exact) mass is 415 g/mol. The van der Waals surface area contributed by atoms with Crippen LogP contribution in [-0.2, 0) is 4.79 Å². The van der Waals surface area contributed by atoms with Crippen molar-refractivity contribution < 1.29 is 14.7 Å². The number of amides is 1. The number of unbranched alkanes of at least 4 members (excludes halogenated alkanes) is 11. The molecule has 0 saturated carbocycles. The number of hydrogen-bond acceptors (Lipinski definition) is 2. The highest BCUT2D eigenvalue weighted by atomic mass is 16.4. The number of hydrogen-bond donors (Lipinski definition) is 1. The minimum atomic E-state index is -1.01. The SMILES string of the molecule is CCCCCCCC/C=C\CCCCCCCC(=O)N(C)c1ccccc1C(=O)O. The van der Waals surface area contributed by atoms with Gasteiger partial charge in [-0.1, -0.05) is 82.6 Å². The van der Waals surface area contributed by atoms with Crippen molar-refractivity contribution in [2.24, 2.45) is 0 Å². The average molecular weight is 416 g/mol. The molecule has 0 saturated heterocycles. The number of carboxylic acid groups (broad SMARTS) is 1. The Morgan fingerprint density at radius 1 is 0.833 bits per heavy atom. The van der Waals surface area contributed by atoms with Crippen LogP contribution in [0.3, 0.4) is 0 Å². The van der Waals surface area contributed by atoms with Gasteiger partial charge in [-0.3, -0.25) is 4.79 Å². The summed E-state index contributed by atoms with van der Waals surface area (Å²) in [5.74, 6) is -1.03. The van der Waals surface area contributed by atoms with Crippen molar-refractivity contribution in [3.63, 3.8) is 0 Å². The molecule has 0 aliphatic heterocycles. The molecule has 30 heavy (non-hydrogen) atoms. The van der Waals surface area contributed by atoms with Gasteiger partial charge in [0.15, 0.2) is 0 Å². The number of benzene rings is 1. The topological polar surface area (TPSA) is 57.6 Å². The van der Waals surface area contributed by atoms with E-state index in [1.807, 2.05) is 0 Å². The molecule has 0 aromatic heterocycles. The maximum Gasteiger partial charge on any atom is 0.337 e. The first-order chi connectivity index (χ1) is 14.6. The minimum Gasteiger partial charge on any atom is -0.478 e.